The fraction of sp³-hybridized carbons (Fsp3) is 0.467. The molecule has 0 aliphatic carbocycles. The van der Waals surface area contributed by atoms with Crippen LogP contribution in [0.3, 0.4) is 0 Å². The minimum atomic E-state index is -0.573. The molecular formula is C15H20N2O2. The largest absolute Gasteiger partial charge is 0.369 e. The predicted octanol–water partition coefficient (Wildman–Crippen LogP) is 1.22. The molecule has 0 spiro atoms. The Morgan fingerprint density at radius 3 is 2.21 bits per heavy atom. The number of likely N-dealkylation sites (tertiary alicyclic amines) is 1. The van der Waals surface area contributed by atoms with Crippen LogP contribution in [0.2, 0.25) is 0 Å². The summed E-state index contributed by atoms with van der Waals surface area (Å²) >= 11 is 0. The van der Waals surface area contributed by atoms with E-state index in [1.165, 1.54) is 5.56 Å². The Kier molecular flexibility index (Phi) is 3.35. The highest BCUT2D eigenvalue weighted by Crippen LogP contribution is 2.29. The lowest BCUT2D eigenvalue weighted by atomic mass is 9.81. The monoisotopic (exact) mass is 260 g/mol. The summed E-state index contributed by atoms with van der Waals surface area (Å²) < 4.78 is 0. The van der Waals surface area contributed by atoms with Crippen molar-refractivity contribution < 1.29 is 9.59 Å². The van der Waals surface area contributed by atoms with E-state index in [-0.39, 0.29) is 17.7 Å². The Labute approximate surface area is 113 Å². The van der Waals surface area contributed by atoms with Gasteiger partial charge in [-0.1, -0.05) is 29.8 Å². The van der Waals surface area contributed by atoms with E-state index < -0.39 is 5.41 Å². The number of rotatable bonds is 3. The molecule has 19 heavy (non-hydrogen) atoms. The minimum Gasteiger partial charge on any atom is -0.369 e. The number of hydrogen-bond acceptors (Lipinski definition) is 2. The van der Waals surface area contributed by atoms with Crippen molar-refractivity contribution in [2.75, 3.05) is 13.1 Å². The van der Waals surface area contributed by atoms with Crippen LogP contribution in [0.4, 0.5) is 0 Å². The zero-order valence-electron chi connectivity index (χ0n) is 11.6. The van der Waals surface area contributed by atoms with Crippen molar-refractivity contribution in [1.82, 2.24) is 4.90 Å². The number of amides is 2. The smallest absolute Gasteiger partial charge is 0.232 e. The molecule has 2 rings (SSSR count). The van der Waals surface area contributed by atoms with Gasteiger partial charge in [0, 0.05) is 13.1 Å². The minimum absolute atomic E-state index is 0.0499. The maximum absolute atomic E-state index is 12.5. The van der Waals surface area contributed by atoms with E-state index in [1.54, 1.807) is 4.90 Å². The molecule has 4 heteroatoms. The van der Waals surface area contributed by atoms with E-state index >= 15 is 0 Å². The van der Waals surface area contributed by atoms with Gasteiger partial charge in [0.25, 0.3) is 0 Å². The first-order valence-electron chi connectivity index (χ1n) is 6.48. The topological polar surface area (TPSA) is 63.4 Å². The fourth-order valence-corrected chi connectivity index (χ4v) is 2.31. The first-order valence-corrected chi connectivity index (χ1v) is 6.48. The Balaban J connectivity index is 2.10. The van der Waals surface area contributed by atoms with E-state index in [1.807, 2.05) is 45.0 Å². The molecule has 1 fully saturated rings. The molecule has 1 aliphatic heterocycles. The predicted molar refractivity (Wildman–Crippen MR) is 73.5 cm³/mol. The molecule has 0 bridgehead atoms. The lowest BCUT2D eigenvalue weighted by Crippen LogP contribution is -2.58. The average Bonchev–Trinajstić information content (AvgIpc) is 2.26. The molecule has 1 aromatic carbocycles. The van der Waals surface area contributed by atoms with Crippen LogP contribution in [-0.2, 0) is 15.0 Å². The molecule has 1 aromatic rings. The second kappa shape index (κ2) is 4.68. The maximum Gasteiger partial charge on any atom is 0.232 e. The molecule has 1 heterocycles. The van der Waals surface area contributed by atoms with Gasteiger partial charge < -0.3 is 10.6 Å². The van der Waals surface area contributed by atoms with Gasteiger partial charge >= 0.3 is 0 Å². The van der Waals surface area contributed by atoms with Crippen LogP contribution in [0.5, 0.6) is 0 Å². The Bertz CT molecular complexity index is 499. The standard InChI is InChI=1S/C15H20N2O2/c1-10-4-6-12(7-5-10)15(2,3)14(19)17-8-11(9-17)13(16)18/h4-7,11H,8-9H2,1-3H3,(H2,16,18). The van der Waals surface area contributed by atoms with E-state index in [9.17, 15) is 9.59 Å². The number of primary amides is 1. The zero-order chi connectivity index (χ0) is 14.2. The lowest BCUT2D eigenvalue weighted by molar-refractivity contribution is -0.146. The number of aryl methyl sites for hydroxylation is 1. The van der Waals surface area contributed by atoms with Crippen molar-refractivity contribution in [3.63, 3.8) is 0 Å². The first kappa shape index (κ1) is 13.6. The van der Waals surface area contributed by atoms with E-state index in [0.29, 0.717) is 13.1 Å². The quantitative estimate of drug-likeness (QED) is 0.888. The molecule has 0 saturated carbocycles. The molecule has 102 valence electrons. The van der Waals surface area contributed by atoms with E-state index in [2.05, 4.69) is 0 Å². The van der Waals surface area contributed by atoms with Crippen LogP contribution < -0.4 is 5.73 Å². The highest BCUT2D eigenvalue weighted by Gasteiger charge is 2.41. The van der Waals surface area contributed by atoms with Crippen molar-refractivity contribution in [1.29, 1.82) is 0 Å². The summed E-state index contributed by atoms with van der Waals surface area (Å²) in [4.78, 5) is 25.2. The summed E-state index contributed by atoms with van der Waals surface area (Å²) in [5.74, 6) is -0.455. The van der Waals surface area contributed by atoms with Crippen molar-refractivity contribution in [3.8, 4) is 0 Å². The molecule has 4 nitrogen and oxygen atoms in total. The number of nitrogens with two attached hydrogens (primary N) is 1. The Morgan fingerprint density at radius 2 is 1.74 bits per heavy atom. The fourth-order valence-electron chi connectivity index (χ4n) is 2.31. The second-order valence-corrected chi connectivity index (χ2v) is 5.80. The van der Waals surface area contributed by atoms with Gasteiger partial charge in [0.1, 0.15) is 0 Å². The number of benzene rings is 1. The molecule has 2 N–H and O–H groups in total. The lowest BCUT2D eigenvalue weighted by Gasteiger charge is -2.42. The summed E-state index contributed by atoms with van der Waals surface area (Å²) in [5.41, 5.74) is 6.81. The third-order valence-corrected chi connectivity index (χ3v) is 3.88. The average molecular weight is 260 g/mol. The zero-order valence-corrected chi connectivity index (χ0v) is 11.6. The molecule has 2 amide bonds. The van der Waals surface area contributed by atoms with Gasteiger partial charge in [-0.15, -0.1) is 0 Å². The van der Waals surface area contributed by atoms with Gasteiger partial charge in [0.05, 0.1) is 11.3 Å². The van der Waals surface area contributed by atoms with Crippen molar-refractivity contribution in [3.05, 3.63) is 35.4 Å². The van der Waals surface area contributed by atoms with Gasteiger partial charge in [0.15, 0.2) is 0 Å². The molecule has 1 saturated heterocycles. The van der Waals surface area contributed by atoms with Crippen LogP contribution >= 0.6 is 0 Å². The highest BCUT2D eigenvalue weighted by atomic mass is 16.2. The van der Waals surface area contributed by atoms with Crippen LogP contribution in [-0.4, -0.2) is 29.8 Å². The third kappa shape index (κ3) is 2.48. The van der Waals surface area contributed by atoms with Crippen molar-refractivity contribution in [2.24, 2.45) is 11.7 Å². The summed E-state index contributed by atoms with van der Waals surface area (Å²) in [6.07, 6.45) is 0. The molecule has 0 aromatic heterocycles. The van der Waals surface area contributed by atoms with Crippen molar-refractivity contribution >= 4 is 11.8 Å². The first-order chi connectivity index (χ1) is 8.82. The number of nitrogens with zero attached hydrogens (tertiary/aromatic N) is 1. The molecular weight excluding hydrogens is 240 g/mol. The van der Waals surface area contributed by atoms with Gasteiger partial charge in [0.2, 0.25) is 11.8 Å². The van der Waals surface area contributed by atoms with Crippen LogP contribution in [0.1, 0.15) is 25.0 Å². The van der Waals surface area contributed by atoms with Gasteiger partial charge in [-0.05, 0) is 26.3 Å². The summed E-state index contributed by atoms with van der Waals surface area (Å²) in [6.45, 7) is 6.74. The maximum atomic E-state index is 12.5. The number of carbonyl (C=O) groups is 2. The van der Waals surface area contributed by atoms with Crippen LogP contribution in [0, 0.1) is 12.8 Å². The number of hydrogen-bond donors (Lipinski definition) is 1. The summed E-state index contributed by atoms with van der Waals surface area (Å²) in [5, 5.41) is 0. The van der Waals surface area contributed by atoms with Gasteiger partial charge in [-0.3, -0.25) is 9.59 Å². The van der Waals surface area contributed by atoms with E-state index in [0.717, 1.165) is 5.56 Å². The highest BCUT2D eigenvalue weighted by molar-refractivity contribution is 5.90. The van der Waals surface area contributed by atoms with Crippen molar-refractivity contribution in [2.45, 2.75) is 26.2 Å². The Morgan fingerprint density at radius 1 is 1.21 bits per heavy atom. The summed E-state index contributed by atoms with van der Waals surface area (Å²) in [7, 11) is 0. The molecule has 0 atom stereocenters. The molecule has 1 aliphatic rings. The SMILES string of the molecule is Cc1ccc(C(C)(C)C(=O)N2CC(C(N)=O)C2)cc1. The third-order valence-electron chi connectivity index (χ3n) is 3.88. The normalized spacial score (nSPS) is 16.1. The molecule has 0 radical (unpaired) electrons. The van der Waals surface area contributed by atoms with Gasteiger partial charge in [-0.25, -0.2) is 0 Å². The van der Waals surface area contributed by atoms with Gasteiger partial charge in [-0.2, -0.15) is 0 Å². The van der Waals surface area contributed by atoms with E-state index in [4.69, 9.17) is 5.73 Å². The summed E-state index contributed by atoms with van der Waals surface area (Å²) in [6, 6.07) is 7.98. The number of carbonyl (C=O) groups excluding carboxylic acids is 2. The van der Waals surface area contributed by atoms with Crippen LogP contribution in [0.25, 0.3) is 0 Å². The molecule has 0 unspecified atom stereocenters. The Hall–Kier alpha value is -1.84. The van der Waals surface area contributed by atoms with Crippen LogP contribution in [0.15, 0.2) is 24.3 Å². The second-order valence-electron chi connectivity index (χ2n) is 5.80.